The number of hydrogen-bond acceptors (Lipinski definition) is 2. The molecule has 1 heterocycles. The Bertz CT molecular complexity index is 248. The molecule has 0 radical (unpaired) electrons. The van der Waals surface area contributed by atoms with Crippen LogP contribution >= 0.6 is 12.4 Å². The fourth-order valence-corrected chi connectivity index (χ4v) is 2.49. The summed E-state index contributed by atoms with van der Waals surface area (Å²) in [5.74, 6) is 1.57. The number of rotatable bonds is 5. The maximum absolute atomic E-state index is 12.2. The van der Waals surface area contributed by atoms with Crippen LogP contribution in [0.15, 0.2) is 0 Å². The molecule has 1 unspecified atom stereocenters. The van der Waals surface area contributed by atoms with E-state index in [9.17, 15) is 4.79 Å². The van der Waals surface area contributed by atoms with Crippen LogP contribution in [0.2, 0.25) is 0 Å². The standard InChI is InChI=1S/C13H24N2O.ClH/c1-10(2)9-15(12-3-4-12)13(16)7-11-5-6-14-8-11;/h10-12,14H,3-9H2,1-2H3;1H. The normalized spacial score (nSPS) is 23.6. The van der Waals surface area contributed by atoms with Gasteiger partial charge in [0, 0.05) is 19.0 Å². The number of halogens is 1. The van der Waals surface area contributed by atoms with Crippen molar-refractivity contribution in [2.75, 3.05) is 19.6 Å². The fourth-order valence-electron chi connectivity index (χ4n) is 2.49. The molecule has 1 saturated carbocycles. The molecule has 0 bridgehead atoms. The molecular formula is C13H25ClN2O. The zero-order valence-electron chi connectivity index (χ0n) is 10.9. The molecule has 3 nitrogen and oxygen atoms in total. The van der Waals surface area contributed by atoms with Gasteiger partial charge in [-0.15, -0.1) is 12.4 Å². The van der Waals surface area contributed by atoms with Gasteiger partial charge in [-0.05, 0) is 44.2 Å². The van der Waals surface area contributed by atoms with Crippen LogP contribution in [0.1, 0.15) is 39.5 Å². The van der Waals surface area contributed by atoms with Crippen molar-refractivity contribution in [3.8, 4) is 0 Å². The van der Waals surface area contributed by atoms with Crippen LogP contribution in [0.4, 0.5) is 0 Å². The zero-order chi connectivity index (χ0) is 11.5. The average Bonchev–Trinajstić information content (AvgIpc) is 2.94. The molecule has 0 spiro atoms. The Hall–Kier alpha value is -0.280. The van der Waals surface area contributed by atoms with Crippen molar-refractivity contribution >= 4 is 18.3 Å². The summed E-state index contributed by atoms with van der Waals surface area (Å²) >= 11 is 0. The number of amides is 1. The molecule has 1 atom stereocenters. The van der Waals surface area contributed by atoms with Gasteiger partial charge in [0.25, 0.3) is 0 Å². The Morgan fingerprint density at radius 1 is 1.35 bits per heavy atom. The third-order valence-corrected chi connectivity index (χ3v) is 3.50. The van der Waals surface area contributed by atoms with Gasteiger partial charge in [0.05, 0.1) is 0 Å². The third kappa shape index (κ3) is 4.47. The van der Waals surface area contributed by atoms with Crippen molar-refractivity contribution in [1.29, 1.82) is 0 Å². The molecule has 1 amide bonds. The van der Waals surface area contributed by atoms with Crippen LogP contribution in [-0.4, -0.2) is 36.5 Å². The first-order chi connectivity index (χ1) is 7.66. The number of hydrogen-bond donors (Lipinski definition) is 1. The maximum Gasteiger partial charge on any atom is 0.223 e. The third-order valence-electron chi connectivity index (χ3n) is 3.50. The van der Waals surface area contributed by atoms with Crippen molar-refractivity contribution in [2.24, 2.45) is 11.8 Å². The van der Waals surface area contributed by atoms with Crippen molar-refractivity contribution in [2.45, 2.75) is 45.6 Å². The fraction of sp³-hybridized carbons (Fsp3) is 0.923. The van der Waals surface area contributed by atoms with Gasteiger partial charge >= 0.3 is 0 Å². The van der Waals surface area contributed by atoms with Crippen LogP contribution in [0.3, 0.4) is 0 Å². The van der Waals surface area contributed by atoms with Crippen LogP contribution in [0, 0.1) is 11.8 Å². The van der Waals surface area contributed by atoms with Gasteiger partial charge in [-0.25, -0.2) is 0 Å². The van der Waals surface area contributed by atoms with E-state index in [1.54, 1.807) is 0 Å². The molecule has 0 aromatic carbocycles. The summed E-state index contributed by atoms with van der Waals surface area (Å²) in [6.07, 6.45) is 4.38. The summed E-state index contributed by atoms with van der Waals surface area (Å²) in [7, 11) is 0. The minimum Gasteiger partial charge on any atom is -0.339 e. The lowest BCUT2D eigenvalue weighted by molar-refractivity contribution is -0.133. The van der Waals surface area contributed by atoms with Crippen molar-refractivity contribution in [1.82, 2.24) is 10.2 Å². The molecule has 1 aliphatic heterocycles. The van der Waals surface area contributed by atoms with E-state index in [1.165, 1.54) is 19.3 Å². The number of nitrogens with zero attached hydrogens (tertiary/aromatic N) is 1. The molecule has 1 aliphatic carbocycles. The predicted octanol–water partition coefficient (Wildman–Crippen LogP) is 2.05. The Morgan fingerprint density at radius 3 is 2.53 bits per heavy atom. The van der Waals surface area contributed by atoms with Crippen molar-refractivity contribution < 1.29 is 4.79 Å². The molecule has 2 fully saturated rings. The van der Waals surface area contributed by atoms with Crippen LogP contribution in [0.25, 0.3) is 0 Å². The number of carbonyl (C=O) groups excluding carboxylic acids is 1. The first-order valence-corrected chi connectivity index (χ1v) is 6.67. The lowest BCUT2D eigenvalue weighted by Crippen LogP contribution is -2.37. The number of carbonyl (C=O) groups is 1. The lowest BCUT2D eigenvalue weighted by Gasteiger charge is -2.25. The summed E-state index contributed by atoms with van der Waals surface area (Å²) in [5, 5.41) is 3.33. The summed E-state index contributed by atoms with van der Waals surface area (Å²) in [6.45, 7) is 7.46. The van der Waals surface area contributed by atoms with Gasteiger partial charge in [0.1, 0.15) is 0 Å². The molecule has 1 saturated heterocycles. The van der Waals surface area contributed by atoms with E-state index in [4.69, 9.17) is 0 Å². The summed E-state index contributed by atoms with van der Waals surface area (Å²) < 4.78 is 0. The average molecular weight is 261 g/mol. The van der Waals surface area contributed by atoms with Gasteiger partial charge in [-0.3, -0.25) is 4.79 Å². The second kappa shape index (κ2) is 6.60. The van der Waals surface area contributed by atoms with Crippen LogP contribution < -0.4 is 5.32 Å². The SMILES string of the molecule is CC(C)CN(C(=O)CC1CCNC1)C1CC1.Cl. The van der Waals surface area contributed by atoms with Gasteiger partial charge in [0.15, 0.2) is 0 Å². The van der Waals surface area contributed by atoms with E-state index in [0.29, 0.717) is 23.8 Å². The molecule has 1 N–H and O–H groups in total. The van der Waals surface area contributed by atoms with Gasteiger partial charge in [-0.1, -0.05) is 13.8 Å². The van der Waals surface area contributed by atoms with Crippen LogP contribution in [0.5, 0.6) is 0 Å². The van der Waals surface area contributed by atoms with E-state index in [-0.39, 0.29) is 12.4 Å². The second-order valence-corrected chi connectivity index (χ2v) is 5.73. The Kier molecular flexibility index (Phi) is 5.74. The highest BCUT2D eigenvalue weighted by Crippen LogP contribution is 2.29. The minimum atomic E-state index is 0. The summed E-state index contributed by atoms with van der Waals surface area (Å²) in [6, 6.07) is 0.573. The minimum absolute atomic E-state index is 0. The molecular weight excluding hydrogens is 236 g/mol. The Balaban J connectivity index is 0.00000144. The van der Waals surface area contributed by atoms with Crippen molar-refractivity contribution in [3.63, 3.8) is 0 Å². The lowest BCUT2D eigenvalue weighted by atomic mass is 10.0. The highest BCUT2D eigenvalue weighted by molar-refractivity contribution is 5.85. The Labute approximate surface area is 111 Å². The van der Waals surface area contributed by atoms with Gasteiger partial charge in [-0.2, -0.15) is 0 Å². The predicted molar refractivity (Wildman–Crippen MR) is 72.4 cm³/mol. The highest BCUT2D eigenvalue weighted by atomic mass is 35.5. The van der Waals surface area contributed by atoms with Gasteiger partial charge in [0.2, 0.25) is 5.91 Å². The second-order valence-electron chi connectivity index (χ2n) is 5.73. The van der Waals surface area contributed by atoms with E-state index < -0.39 is 0 Å². The molecule has 0 aromatic rings. The summed E-state index contributed by atoms with van der Waals surface area (Å²) in [4.78, 5) is 14.4. The molecule has 100 valence electrons. The highest BCUT2D eigenvalue weighted by Gasteiger charge is 2.33. The van der Waals surface area contributed by atoms with Crippen LogP contribution in [-0.2, 0) is 4.79 Å². The Morgan fingerprint density at radius 2 is 2.06 bits per heavy atom. The molecule has 17 heavy (non-hydrogen) atoms. The maximum atomic E-state index is 12.2. The van der Waals surface area contributed by atoms with Crippen molar-refractivity contribution in [3.05, 3.63) is 0 Å². The zero-order valence-corrected chi connectivity index (χ0v) is 11.8. The summed E-state index contributed by atoms with van der Waals surface area (Å²) in [5.41, 5.74) is 0. The first-order valence-electron chi connectivity index (χ1n) is 6.67. The molecule has 2 aliphatic rings. The smallest absolute Gasteiger partial charge is 0.223 e. The van der Waals surface area contributed by atoms with E-state index >= 15 is 0 Å². The molecule has 0 aromatic heterocycles. The van der Waals surface area contributed by atoms with Gasteiger partial charge < -0.3 is 10.2 Å². The number of nitrogens with one attached hydrogen (secondary N) is 1. The van der Waals surface area contributed by atoms with E-state index in [2.05, 4.69) is 24.1 Å². The first kappa shape index (κ1) is 14.8. The monoisotopic (exact) mass is 260 g/mol. The quantitative estimate of drug-likeness (QED) is 0.821. The molecule has 4 heteroatoms. The largest absolute Gasteiger partial charge is 0.339 e. The topological polar surface area (TPSA) is 32.3 Å². The van der Waals surface area contributed by atoms with E-state index in [0.717, 1.165) is 26.1 Å². The van der Waals surface area contributed by atoms with E-state index in [1.807, 2.05) is 0 Å². The molecule has 2 rings (SSSR count).